The molecule has 2 heterocycles. The standard InChI is InChI=1S/C23H23ClF3N5O2/c1-31-22(16(24)13-28-31)15-10-14(4-5-21(15)34-9-8-32-6-2-3-7-32)29-23(33)30-20-12-18(26)17(25)11-19(20)27/h4-5,10-13H,2-3,6-9H2,1H3,(H2,29,30,33). The van der Waals surface area contributed by atoms with Crippen LogP contribution in [-0.4, -0.2) is 47.0 Å². The van der Waals surface area contributed by atoms with Gasteiger partial charge in [0.25, 0.3) is 0 Å². The van der Waals surface area contributed by atoms with Gasteiger partial charge < -0.3 is 15.4 Å². The van der Waals surface area contributed by atoms with E-state index in [1.807, 2.05) is 0 Å². The molecule has 180 valence electrons. The van der Waals surface area contributed by atoms with E-state index in [0.29, 0.717) is 46.5 Å². The van der Waals surface area contributed by atoms with Crippen molar-refractivity contribution in [3.8, 4) is 17.0 Å². The number of hydrogen-bond donors (Lipinski definition) is 2. The molecule has 0 unspecified atom stereocenters. The Morgan fingerprint density at radius 3 is 2.53 bits per heavy atom. The summed E-state index contributed by atoms with van der Waals surface area (Å²) in [7, 11) is 1.73. The third-order valence-electron chi connectivity index (χ3n) is 5.51. The van der Waals surface area contributed by atoms with Gasteiger partial charge in [-0.15, -0.1) is 0 Å². The van der Waals surface area contributed by atoms with Gasteiger partial charge in [0.15, 0.2) is 11.6 Å². The van der Waals surface area contributed by atoms with Gasteiger partial charge in [-0.3, -0.25) is 9.58 Å². The van der Waals surface area contributed by atoms with Crippen LogP contribution >= 0.6 is 11.6 Å². The lowest BCUT2D eigenvalue weighted by Gasteiger charge is -2.18. The summed E-state index contributed by atoms with van der Waals surface area (Å²) in [4.78, 5) is 14.7. The lowest BCUT2D eigenvalue weighted by molar-refractivity contribution is 0.238. The quantitative estimate of drug-likeness (QED) is 0.439. The molecule has 1 aromatic heterocycles. The van der Waals surface area contributed by atoms with Gasteiger partial charge in [0.1, 0.15) is 18.2 Å². The number of urea groups is 1. The number of benzene rings is 2. The number of aryl methyl sites for hydroxylation is 1. The molecule has 1 fully saturated rings. The van der Waals surface area contributed by atoms with E-state index in [9.17, 15) is 18.0 Å². The van der Waals surface area contributed by atoms with Gasteiger partial charge in [-0.05, 0) is 44.1 Å². The summed E-state index contributed by atoms with van der Waals surface area (Å²) >= 11 is 6.34. The van der Waals surface area contributed by atoms with Crippen LogP contribution in [-0.2, 0) is 7.05 Å². The molecule has 1 aliphatic rings. The fourth-order valence-corrected chi connectivity index (χ4v) is 4.09. The van der Waals surface area contributed by atoms with Crippen molar-refractivity contribution in [1.82, 2.24) is 14.7 Å². The fraction of sp³-hybridized carbons (Fsp3) is 0.304. The van der Waals surface area contributed by atoms with Gasteiger partial charge in [-0.25, -0.2) is 18.0 Å². The smallest absolute Gasteiger partial charge is 0.323 e. The monoisotopic (exact) mass is 493 g/mol. The van der Waals surface area contributed by atoms with E-state index >= 15 is 0 Å². The van der Waals surface area contributed by atoms with E-state index < -0.39 is 29.2 Å². The van der Waals surface area contributed by atoms with E-state index in [-0.39, 0.29) is 0 Å². The Kier molecular flexibility index (Phi) is 7.28. The first-order valence-electron chi connectivity index (χ1n) is 10.7. The number of likely N-dealkylation sites (tertiary alicyclic amines) is 1. The van der Waals surface area contributed by atoms with Crippen molar-refractivity contribution in [2.24, 2.45) is 7.05 Å². The third-order valence-corrected chi connectivity index (χ3v) is 5.79. The Morgan fingerprint density at radius 2 is 1.82 bits per heavy atom. The summed E-state index contributed by atoms with van der Waals surface area (Å²) in [5.41, 5.74) is 1.05. The molecule has 0 saturated carbocycles. The zero-order chi connectivity index (χ0) is 24.2. The molecular weight excluding hydrogens is 471 g/mol. The second-order valence-electron chi connectivity index (χ2n) is 7.90. The van der Waals surface area contributed by atoms with Gasteiger partial charge in [0, 0.05) is 37.0 Å². The minimum absolute atomic E-state index is 0.347. The first kappa shape index (κ1) is 23.9. The molecular formula is C23H23ClF3N5O2. The molecule has 7 nitrogen and oxygen atoms in total. The highest BCUT2D eigenvalue weighted by atomic mass is 35.5. The Labute approximate surface area is 199 Å². The zero-order valence-corrected chi connectivity index (χ0v) is 19.1. The second kappa shape index (κ2) is 10.4. The van der Waals surface area contributed by atoms with Gasteiger partial charge in [0.2, 0.25) is 0 Å². The van der Waals surface area contributed by atoms with Gasteiger partial charge in [-0.2, -0.15) is 5.10 Å². The van der Waals surface area contributed by atoms with E-state index in [1.54, 1.807) is 29.9 Å². The summed E-state index contributed by atoms with van der Waals surface area (Å²) in [6, 6.07) is 5.05. The number of rotatable bonds is 7. The molecule has 34 heavy (non-hydrogen) atoms. The Morgan fingerprint density at radius 1 is 1.09 bits per heavy atom. The number of anilines is 2. The Bertz CT molecular complexity index is 1180. The average molecular weight is 494 g/mol. The largest absolute Gasteiger partial charge is 0.492 e. The molecule has 11 heteroatoms. The van der Waals surface area contributed by atoms with Crippen LogP contribution in [0.1, 0.15) is 12.8 Å². The lowest BCUT2D eigenvalue weighted by Crippen LogP contribution is -2.25. The molecule has 1 aliphatic heterocycles. The summed E-state index contributed by atoms with van der Waals surface area (Å²) in [5.74, 6) is -3.16. The molecule has 3 aromatic rings. The molecule has 2 N–H and O–H groups in total. The van der Waals surface area contributed by atoms with Crippen LogP contribution in [0.4, 0.5) is 29.3 Å². The zero-order valence-electron chi connectivity index (χ0n) is 18.4. The average Bonchev–Trinajstić information content (AvgIpc) is 3.42. The molecule has 1 saturated heterocycles. The van der Waals surface area contributed by atoms with Crippen molar-refractivity contribution in [1.29, 1.82) is 0 Å². The Hall–Kier alpha value is -3.24. The molecule has 2 aromatic carbocycles. The van der Waals surface area contributed by atoms with Crippen molar-refractivity contribution < 1.29 is 22.7 Å². The normalized spacial score (nSPS) is 13.8. The number of carbonyl (C=O) groups is 1. The molecule has 0 atom stereocenters. The highest BCUT2D eigenvalue weighted by Gasteiger charge is 2.18. The van der Waals surface area contributed by atoms with Gasteiger partial charge in [-0.1, -0.05) is 11.6 Å². The lowest BCUT2D eigenvalue weighted by atomic mass is 10.1. The van der Waals surface area contributed by atoms with Crippen molar-refractivity contribution in [3.05, 3.63) is 59.0 Å². The van der Waals surface area contributed by atoms with Crippen LogP contribution in [0.2, 0.25) is 5.02 Å². The van der Waals surface area contributed by atoms with Crippen LogP contribution in [0.3, 0.4) is 0 Å². The van der Waals surface area contributed by atoms with Crippen molar-refractivity contribution in [2.45, 2.75) is 12.8 Å². The highest BCUT2D eigenvalue weighted by molar-refractivity contribution is 6.33. The third kappa shape index (κ3) is 5.45. The first-order chi connectivity index (χ1) is 16.3. The number of carbonyl (C=O) groups excluding carboxylic acids is 1. The highest BCUT2D eigenvalue weighted by Crippen LogP contribution is 2.36. The summed E-state index contributed by atoms with van der Waals surface area (Å²) < 4.78 is 48.0. The van der Waals surface area contributed by atoms with Gasteiger partial charge in [0.05, 0.1) is 22.6 Å². The Balaban J connectivity index is 1.53. The number of ether oxygens (including phenoxy) is 1. The summed E-state index contributed by atoms with van der Waals surface area (Å²) in [5, 5.41) is 9.29. The van der Waals surface area contributed by atoms with Crippen LogP contribution in [0.15, 0.2) is 36.5 Å². The van der Waals surface area contributed by atoms with Crippen molar-refractivity contribution in [3.63, 3.8) is 0 Å². The predicted molar refractivity (Wildman–Crippen MR) is 124 cm³/mol. The van der Waals surface area contributed by atoms with Gasteiger partial charge >= 0.3 is 6.03 Å². The number of hydrogen-bond acceptors (Lipinski definition) is 4. The second-order valence-corrected chi connectivity index (χ2v) is 8.31. The van der Waals surface area contributed by atoms with Crippen molar-refractivity contribution in [2.75, 3.05) is 36.9 Å². The topological polar surface area (TPSA) is 71.4 Å². The summed E-state index contributed by atoms with van der Waals surface area (Å²) in [6.45, 7) is 3.38. The number of amides is 2. The van der Waals surface area contributed by atoms with Crippen LogP contribution in [0.5, 0.6) is 5.75 Å². The fourth-order valence-electron chi connectivity index (χ4n) is 3.83. The van der Waals surface area contributed by atoms with Crippen LogP contribution in [0, 0.1) is 17.5 Å². The minimum Gasteiger partial charge on any atom is -0.492 e. The minimum atomic E-state index is -1.35. The van der Waals surface area contributed by atoms with E-state index in [2.05, 4.69) is 20.6 Å². The number of aromatic nitrogens is 2. The molecule has 0 radical (unpaired) electrons. The van der Waals surface area contributed by atoms with E-state index in [0.717, 1.165) is 19.6 Å². The number of nitrogens with zero attached hydrogens (tertiary/aromatic N) is 3. The maximum absolute atomic E-state index is 13.9. The number of halogens is 4. The maximum Gasteiger partial charge on any atom is 0.323 e. The predicted octanol–water partition coefficient (Wildman–Crippen LogP) is 5.28. The number of nitrogens with one attached hydrogen (secondary N) is 2. The van der Waals surface area contributed by atoms with E-state index in [1.165, 1.54) is 19.0 Å². The molecule has 0 aliphatic carbocycles. The first-order valence-corrected chi connectivity index (χ1v) is 11.1. The van der Waals surface area contributed by atoms with Crippen LogP contribution < -0.4 is 15.4 Å². The molecule has 4 rings (SSSR count). The summed E-state index contributed by atoms with van der Waals surface area (Å²) in [6.07, 6.45) is 3.88. The van der Waals surface area contributed by atoms with Crippen LogP contribution in [0.25, 0.3) is 11.3 Å². The molecule has 2 amide bonds. The molecule has 0 bridgehead atoms. The maximum atomic E-state index is 13.9. The van der Waals surface area contributed by atoms with E-state index in [4.69, 9.17) is 16.3 Å². The SMILES string of the molecule is Cn1ncc(Cl)c1-c1cc(NC(=O)Nc2cc(F)c(F)cc2F)ccc1OCCN1CCCC1. The molecule has 0 spiro atoms. The van der Waals surface area contributed by atoms with Crippen molar-refractivity contribution >= 4 is 29.0 Å².